The lowest BCUT2D eigenvalue weighted by Crippen LogP contribution is -2.03. The van der Waals surface area contributed by atoms with Gasteiger partial charge in [-0.15, -0.1) is 0 Å². The third-order valence-corrected chi connectivity index (χ3v) is 2.78. The molecule has 4 heteroatoms. The van der Waals surface area contributed by atoms with Crippen LogP contribution in [0.1, 0.15) is 12.5 Å². The summed E-state index contributed by atoms with van der Waals surface area (Å²) in [7, 11) is 1.87. The summed E-state index contributed by atoms with van der Waals surface area (Å²) in [5, 5.41) is 7.43. The second kappa shape index (κ2) is 6.00. The molecule has 0 bridgehead atoms. The van der Waals surface area contributed by atoms with Gasteiger partial charge >= 0.3 is 0 Å². The van der Waals surface area contributed by atoms with Crippen LogP contribution in [0.5, 0.6) is 0 Å². The Bertz CT molecular complexity index is 576. The van der Waals surface area contributed by atoms with Crippen molar-refractivity contribution in [2.75, 3.05) is 17.8 Å². The van der Waals surface area contributed by atoms with Crippen molar-refractivity contribution < 1.29 is 4.39 Å². The number of hydrogen-bond donors (Lipinski definition) is 2. The van der Waals surface area contributed by atoms with Crippen molar-refractivity contribution in [3.8, 4) is 0 Å². The van der Waals surface area contributed by atoms with Gasteiger partial charge < -0.3 is 5.32 Å². The van der Waals surface area contributed by atoms with Crippen LogP contribution in [0.4, 0.5) is 15.8 Å². The molecular formula is C15H16FN3. The van der Waals surface area contributed by atoms with Crippen LogP contribution in [0.15, 0.2) is 53.6 Å². The molecule has 0 heterocycles. The Morgan fingerprint density at radius 1 is 1.05 bits per heavy atom. The minimum absolute atomic E-state index is 0.258. The molecule has 0 fully saturated rings. The molecule has 98 valence electrons. The van der Waals surface area contributed by atoms with Gasteiger partial charge in [-0.05, 0) is 37.3 Å². The van der Waals surface area contributed by atoms with Crippen LogP contribution < -0.4 is 10.7 Å². The van der Waals surface area contributed by atoms with Crippen LogP contribution in [-0.2, 0) is 0 Å². The topological polar surface area (TPSA) is 36.4 Å². The zero-order valence-corrected chi connectivity index (χ0v) is 10.9. The normalized spacial score (nSPS) is 11.2. The van der Waals surface area contributed by atoms with Crippen molar-refractivity contribution in [1.29, 1.82) is 0 Å². The summed E-state index contributed by atoms with van der Waals surface area (Å²) in [5.41, 5.74) is 6.57. The van der Waals surface area contributed by atoms with Gasteiger partial charge in [-0.2, -0.15) is 5.10 Å². The molecule has 0 radical (unpaired) electrons. The first kappa shape index (κ1) is 13.1. The van der Waals surface area contributed by atoms with E-state index in [1.807, 2.05) is 38.2 Å². The molecule has 0 saturated heterocycles. The summed E-state index contributed by atoms with van der Waals surface area (Å²) in [6.45, 7) is 1.92. The zero-order valence-electron chi connectivity index (χ0n) is 10.9. The largest absolute Gasteiger partial charge is 0.388 e. The number of hydrogen-bond acceptors (Lipinski definition) is 3. The van der Waals surface area contributed by atoms with E-state index < -0.39 is 0 Å². The fourth-order valence-corrected chi connectivity index (χ4v) is 1.75. The van der Waals surface area contributed by atoms with Crippen molar-refractivity contribution >= 4 is 17.1 Å². The molecule has 2 N–H and O–H groups in total. The van der Waals surface area contributed by atoms with Crippen LogP contribution in [0.25, 0.3) is 0 Å². The maximum atomic E-state index is 12.8. The van der Waals surface area contributed by atoms with Crippen LogP contribution in [0.3, 0.4) is 0 Å². The Balaban J connectivity index is 2.16. The number of benzene rings is 2. The molecule has 19 heavy (non-hydrogen) atoms. The zero-order chi connectivity index (χ0) is 13.7. The minimum Gasteiger partial charge on any atom is -0.388 e. The third kappa shape index (κ3) is 3.31. The summed E-state index contributed by atoms with van der Waals surface area (Å²) >= 11 is 0. The first-order chi connectivity index (χ1) is 9.20. The van der Waals surface area contributed by atoms with E-state index in [1.165, 1.54) is 12.1 Å². The van der Waals surface area contributed by atoms with Crippen molar-refractivity contribution in [1.82, 2.24) is 0 Å². The molecular weight excluding hydrogens is 241 g/mol. The molecule has 0 aliphatic rings. The minimum atomic E-state index is -0.258. The number of halogens is 1. The molecule has 0 aliphatic heterocycles. The van der Waals surface area contributed by atoms with Gasteiger partial charge in [0.25, 0.3) is 0 Å². The van der Waals surface area contributed by atoms with Gasteiger partial charge in [-0.3, -0.25) is 5.43 Å². The highest BCUT2D eigenvalue weighted by Gasteiger charge is 2.02. The van der Waals surface area contributed by atoms with Gasteiger partial charge in [0.05, 0.1) is 11.4 Å². The van der Waals surface area contributed by atoms with E-state index in [0.717, 1.165) is 22.6 Å². The lowest BCUT2D eigenvalue weighted by atomic mass is 10.1. The van der Waals surface area contributed by atoms with Crippen LogP contribution in [0.2, 0.25) is 0 Å². The second-order valence-corrected chi connectivity index (χ2v) is 4.11. The fourth-order valence-electron chi connectivity index (χ4n) is 1.75. The van der Waals surface area contributed by atoms with Crippen LogP contribution >= 0.6 is 0 Å². The SMILES string of the molecule is CNc1ccccc1/C(C)=N/Nc1ccc(F)cc1. The lowest BCUT2D eigenvalue weighted by Gasteiger charge is -2.08. The Morgan fingerprint density at radius 3 is 2.42 bits per heavy atom. The molecule has 0 saturated carbocycles. The number of nitrogens with zero attached hydrogens (tertiary/aromatic N) is 1. The number of nitrogens with one attached hydrogen (secondary N) is 2. The number of anilines is 2. The molecule has 2 aromatic carbocycles. The highest BCUT2D eigenvalue weighted by atomic mass is 19.1. The predicted octanol–water partition coefficient (Wildman–Crippen LogP) is 3.70. The fraction of sp³-hybridized carbons (Fsp3) is 0.133. The molecule has 0 atom stereocenters. The van der Waals surface area contributed by atoms with E-state index >= 15 is 0 Å². The number of hydrazone groups is 1. The molecule has 0 aromatic heterocycles. The first-order valence-electron chi connectivity index (χ1n) is 6.03. The molecule has 3 nitrogen and oxygen atoms in total. The quantitative estimate of drug-likeness (QED) is 0.647. The monoisotopic (exact) mass is 257 g/mol. The molecule has 0 amide bonds. The average Bonchev–Trinajstić information content (AvgIpc) is 2.46. The van der Waals surface area contributed by atoms with Gasteiger partial charge in [-0.25, -0.2) is 4.39 Å². The first-order valence-corrected chi connectivity index (χ1v) is 6.03. The van der Waals surface area contributed by atoms with E-state index in [-0.39, 0.29) is 5.82 Å². The van der Waals surface area contributed by atoms with Crippen LogP contribution in [-0.4, -0.2) is 12.8 Å². The summed E-state index contributed by atoms with van der Waals surface area (Å²) in [6, 6.07) is 14.0. The lowest BCUT2D eigenvalue weighted by molar-refractivity contribution is 0.628. The Hall–Kier alpha value is -2.36. The van der Waals surface area contributed by atoms with E-state index in [9.17, 15) is 4.39 Å². The number of para-hydroxylation sites is 1. The highest BCUT2D eigenvalue weighted by Crippen LogP contribution is 2.16. The van der Waals surface area contributed by atoms with Gasteiger partial charge in [0.15, 0.2) is 0 Å². The molecule has 2 aromatic rings. The van der Waals surface area contributed by atoms with E-state index in [4.69, 9.17) is 0 Å². The maximum absolute atomic E-state index is 12.8. The molecule has 0 unspecified atom stereocenters. The summed E-state index contributed by atoms with van der Waals surface area (Å²) in [6.07, 6.45) is 0. The van der Waals surface area contributed by atoms with Gasteiger partial charge in [-0.1, -0.05) is 18.2 Å². The predicted molar refractivity (Wildman–Crippen MR) is 78.2 cm³/mol. The summed E-state index contributed by atoms with van der Waals surface area (Å²) < 4.78 is 12.8. The van der Waals surface area contributed by atoms with Crippen molar-refractivity contribution in [3.05, 3.63) is 59.9 Å². The van der Waals surface area contributed by atoms with Gasteiger partial charge in [0.1, 0.15) is 5.82 Å². The van der Waals surface area contributed by atoms with Gasteiger partial charge in [0.2, 0.25) is 0 Å². The van der Waals surface area contributed by atoms with Crippen LogP contribution in [0, 0.1) is 5.82 Å². The standard InChI is InChI=1S/C15H16FN3/c1-11(14-5-3-4-6-15(14)17-2)18-19-13-9-7-12(16)8-10-13/h3-10,17,19H,1-2H3/b18-11+. The average molecular weight is 257 g/mol. The Kier molecular flexibility index (Phi) is 4.13. The van der Waals surface area contributed by atoms with Crippen molar-refractivity contribution in [3.63, 3.8) is 0 Å². The van der Waals surface area contributed by atoms with Gasteiger partial charge in [0, 0.05) is 18.3 Å². The molecule has 0 spiro atoms. The van der Waals surface area contributed by atoms with Crippen molar-refractivity contribution in [2.45, 2.75) is 6.92 Å². The molecule has 2 rings (SSSR count). The third-order valence-electron chi connectivity index (χ3n) is 2.78. The summed E-state index contributed by atoms with van der Waals surface area (Å²) in [4.78, 5) is 0. The summed E-state index contributed by atoms with van der Waals surface area (Å²) in [5.74, 6) is -0.258. The Labute approximate surface area is 112 Å². The molecule has 0 aliphatic carbocycles. The van der Waals surface area contributed by atoms with E-state index in [2.05, 4.69) is 15.8 Å². The number of rotatable bonds is 4. The van der Waals surface area contributed by atoms with E-state index in [1.54, 1.807) is 12.1 Å². The smallest absolute Gasteiger partial charge is 0.123 e. The van der Waals surface area contributed by atoms with E-state index in [0.29, 0.717) is 0 Å². The second-order valence-electron chi connectivity index (χ2n) is 4.11. The highest BCUT2D eigenvalue weighted by molar-refractivity contribution is 6.03. The Morgan fingerprint density at radius 2 is 1.74 bits per heavy atom. The maximum Gasteiger partial charge on any atom is 0.123 e. The van der Waals surface area contributed by atoms with Crippen molar-refractivity contribution in [2.24, 2.45) is 5.10 Å².